The predicted octanol–water partition coefficient (Wildman–Crippen LogP) is 2.03. The standard InChI is InChI=1S/C12H10N4/c1-16-7-9(6-15-16)12-10-4-2-3-5-11(10)13-8-14-12/h2-8H,1H3. The second-order valence-electron chi connectivity index (χ2n) is 3.64. The zero-order valence-electron chi connectivity index (χ0n) is 8.83. The maximum Gasteiger partial charge on any atom is 0.116 e. The highest BCUT2D eigenvalue weighted by Crippen LogP contribution is 2.23. The van der Waals surface area contributed by atoms with E-state index in [1.807, 2.05) is 43.7 Å². The van der Waals surface area contributed by atoms with Crippen LogP contribution in [0.15, 0.2) is 43.0 Å². The number of rotatable bonds is 1. The van der Waals surface area contributed by atoms with E-state index < -0.39 is 0 Å². The molecule has 0 aliphatic carbocycles. The number of nitrogens with zero attached hydrogens (tertiary/aromatic N) is 4. The van der Waals surface area contributed by atoms with E-state index in [0.29, 0.717) is 0 Å². The van der Waals surface area contributed by atoms with E-state index in [-0.39, 0.29) is 0 Å². The molecule has 0 unspecified atom stereocenters. The van der Waals surface area contributed by atoms with Gasteiger partial charge in [0.15, 0.2) is 0 Å². The molecule has 4 heteroatoms. The van der Waals surface area contributed by atoms with E-state index in [9.17, 15) is 0 Å². The monoisotopic (exact) mass is 210 g/mol. The Hall–Kier alpha value is -2.23. The molecule has 0 bridgehead atoms. The van der Waals surface area contributed by atoms with E-state index in [4.69, 9.17) is 0 Å². The summed E-state index contributed by atoms with van der Waals surface area (Å²) in [6.07, 6.45) is 5.36. The van der Waals surface area contributed by atoms with Crippen LogP contribution in [0.1, 0.15) is 0 Å². The van der Waals surface area contributed by atoms with Crippen molar-refractivity contribution in [3.63, 3.8) is 0 Å². The Labute approximate surface area is 92.6 Å². The molecule has 0 radical (unpaired) electrons. The molecule has 0 saturated carbocycles. The van der Waals surface area contributed by atoms with E-state index >= 15 is 0 Å². The van der Waals surface area contributed by atoms with Gasteiger partial charge in [0, 0.05) is 24.2 Å². The van der Waals surface area contributed by atoms with Crippen LogP contribution in [0, 0.1) is 0 Å². The Balaban J connectivity index is 2.31. The van der Waals surface area contributed by atoms with Crippen molar-refractivity contribution in [1.82, 2.24) is 19.7 Å². The highest BCUT2D eigenvalue weighted by Gasteiger charge is 2.06. The maximum absolute atomic E-state index is 4.33. The molecule has 16 heavy (non-hydrogen) atoms. The van der Waals surface area contributed by atoms with Crippen molar-refractivity contribution in [3.05, 3.63) is 43.0 Å². The topological polar surface area (TPSA) is 43.6 Å². The van der Waals surface area contributed by atoms with Crippen LogP contribution < -0.4 is 0 Å². The molecule has 4 nitrogen and oxygen atoms in total. The van der Waals surface area contributed by atoms with Crippen LogP contribution in [-0.4, -0.2) is 19.7 Å². The molecule has 0 aliphatic rings. The minimum atomic E-state index is 0.929. The van der Waals surface area contributed by atoms with Gasteiger partial charge in [0.25, 0.3) is 0 Å². The molecule has 2 heterocycles. The van der Waals surface area contributed by atoms with Gasteiger partial charge in [0.05, 0.1) is 17.4 Å². The minimum absolute atomic E-state index is 0.929. The molecule has 0 atom stereocenters. The fourth-order valence-corrected chi connectivity index (χ4v) is 1.78. The predicted molar refractivity (Wildman–Crippen MR) is 61.7 cm³/mol. The quantitative estimate of drug-likeness (QED) is 0.617. The number of aromatic nitrogens is 4. The Morgan fingerprint density at radius 2 is 2.00 bits per heavy atom. The molecule has 0 aliphatic heterocycles. The molecule has 3 aromatic rings. The first kappa shape index (κ1) is 9.03. The fourth-order valence-electron chi connectivity index (χ4n) is 1.78. The lowest BCUT2D eigenvalue weighted by atomic mass is 10.1. The molecular weight excluding hydrogens is 200 g/mol. The number of hydrogen-bond donors (Lipinski definition) is 0. The van der Waals surface area contributed by atoms with Crippen molar-refractivity contribution >= 4 is 10.9 Å². The Bertz CT molecular complexity index is 637. The van der Waals surface area contributed by atoms with E-state index in [1.165, 1.54) is 0 Å². The summed E-state index contributed by atoms with van der Waals surface area (Å²) in [5.41, 5.74) is 2.90. The molecule has 0 N–H and O–H groups in total. The average molecular weight is 210 g/mol. The van der Waals surface area contributed by atoms with Crippen molar-refractivity contribution in [2.75, 3.05) is 0 Å². The summed E-state index contributed by atoms with van der Waals surface area (Å²) in [5, 5.41) is 5.21. The van der Waals surface area contributed by atoms with Gasteiger partial charge in [-0.25, -0.2) is 9.97 Å². The average Bonchev–Trinajstić information content (AvgIpc) is 2.75. The third-order valence-electron chi connectivity index (χ3n) is 2.52. The number of para-hydroxylation sites is 1. The molecule has 1 aromatic carbocycles. The zero-order chi connectivity index (χ0) is 11.0. The molecular formula is C12H10N4. The lowest BCUT2D eigenvalue weighted by molar-refractivity contribution is 0.768. The highest BCUT2D eigenvalue weighted by molar-refractivity contribution is 5.91. The van der Waals surface area contributed by atoms with Gasteiger partial charge in [-0.1, -0.05) is 18.2 Å². The van der Waals surface area contributed by atoms with Crippen LogP contribution in [0.3, 0.4) is 0 Å². The van der Waals surface area contributed by atoms with E-state index in [2.05, 4.69) is 15.1 Å². The Morgan fingerprint density at radius 3 is 2.81 bits per heavy atom. The molecule has 0 amide bonds. The first-order valence-corrected chi connectivity index (χ1v) is 5.03. The van der Waals surface area contributed by atoms with Crippen LogP contribution in [0.25, 0.3) is 22.2 Å². The normalized spacial score (nSPS) is 10.8. The van der Waals surface area contributed by atoms with Gasteiger partial charge in [-0.3, -0.25) is 4.68 Å². The summed E-state index contributed by atoms with van der Waals surface area (Å²) >= 11 is 0. The summed E-state index contributed by atoms with van der Waals surface area (Å²) in [5.74, 6) is 0. The number of hydrogen-bond acceptors (Lipinski definition) is 3. The summed E-state index contributed by atoms with van der Waals surface area (Å²) in [7, 11) is 1.90. The van der Waals surface area contributed by atoms with Crippen molar-refractivity contribution in [1.29, 1.82) is 0 Å². The summed E-state index contributed by atoms with van der Waals surface area (Å²) < 4.78 is 1.77. The first-order valence-electron chi connectivity index (χ1n) is 5.03. The summed E-state index contributed by atoms with van der Waals surface area (Å²) in [6.45, 7) is 0. The molecule has 0 spiro atoms. The second-order valence-corrected chi connectivity index (χ2v) is 3.64. The van der Waals surface area contributed by atoms with Gasteiger partial charge in [0.2, 0.25) is 0 Å². The zero-order valence-corrected chi connectivity index (χ0v) is 8.83. The number of fused-ring (bicyclic) bond motifs is 1. The van der Waals surface area contributed by atoms with Gasteiger partial charge in [-0.2, -0.15) is 5.10 Å². The molecule has 2 aromatic heterocycles. The van der Waals surface area contributed by atoms with Crippen molar-refractivity contribution in [3.8, 4) is 11.3 Å². The molecule has 0 fully saturated rings. The van der Waals surface area contributed by atoms with Gasteiger partial charge in [-0.05, 0) is 6.07 Å². The number of aryl methyl sites for hydroxylation is 1. The molecule has 3 rings (SSSR count). The van der Waals surface area contributed by atoms with Crippen LogP contribution in [0.2, 0.25) is 0 Å². The smallest absolute Gasteiger partial charge is 0.116 e. The van der Waals surface area contributed by atoms with E-state index in [0.717, 1.165) is 22.2 Å². The van der Waals surface area contributed by atoms with Crippen molar-refractivity contribution in [2.45, 2.75) is 0 Å². The first-order chi connectivity index (χ1) is 7.84. The fraction of sp³-hybridized carbons (Fsp3) is 0.0833. The van der Waals surface area contributed by atoms with Gasteiger partial charge in [0.1, 0.15) is 6.33 Å². The SMILES string of the molecule is Cn1cc(-c2ncnc3ccccc23)cn1. The van der Waals surface area contributed by atoms with Gasteiger partial charge < -0.3 is 0 Å². The minimum Gasteiger partial charge on any atom is -0.275 e. The Morgan fingerprint density at radius 1 is 1.12 bits per heavy atom. The largest absolute Gasteiger partial charge is 0.275 e. The van der Waals surface area contributed by atoms with Crippen LogP contribution in [0.4, 0.5) is 0 Å². The van der Waals surface area contributed by atoms with Crippen LogP contribution in [0.5, 0.6) is 0 Å². The van der Waals surface area contributed by atoms with Crippen molar-refractivity contribution < 1.29 is 0 Å². The lowest BCUT2D eigenvalue weighted by Crippen LogP contribution is -1.87. The van der Waals surface area contributed by atoms with Crippen LogP contribution >= 0.6 is 0 Å². The Kier molecular flexibility index (Phi) is 1.93. The highest BCUT2D eigenvalue weighted by atomic mass is 15.2. The lowest BCUT2D eigenvalue weighted by Gasteiger charge is -2.01. The maximum atomic E-state index is 4.33. The molecule has 78 valence electrons. The van der Waals surface area contributed by atoms with E-state index in [1.54, 1.807) is 11.0 Å². The summed E-state index contributed by atoms with van der Waals surface area (Å²) in [6, 6.07) is 7.97. The van der Waals surface area contributed by atoms with Gasteiger partial charge in [-0.15, -0.1) is 0 Å². The third-order valence-corrected chi connectivity index (χ3v) is 2.52. The number of benzene rings is 1. The molecule has 0 saturated heterocycles. The van der Waals surface area contributed by atoms with Crippen LogP contribution in [-0.2, 0) is 7.05 Å². The van der Waals surface area contributed by atoms with Gasteiger partial charge >= 0.3 is 0 Å². The van der Waals surface area contributed by atoms with Crippen molar-refractivity contribution in [2.24, 2.45) is 7.05 Å². The second kappa shape index (κ2) is 3.41. The summed E-state index contributed by atoms with van der Waals surface area (Å²) in [4.78, 5) is 8.56. The third kappa shape index (κ3) is 1.35.